The molecule has 0 spiro atoms. The first kappa shape index (κ1) is 12.1. The third kappa shape index (κ3) is 3.61. The van der Waals surface area contributed by atoms with Gasteiger partial charge in [-0.1, -0.05) is 5.57 Å². The van der Waals surface area contributed by atoms with Crippen molar-refractivity contribution in [2.75, 3.05) is 13.1 Å². The van der Waals surface area contributed by atoms with E-state index in [0.29, 0.717) is 25.9 Å². The highest BCUT2D eigenvalue weighted by Crippen LogP contribution is 2.23. The van der Waals surface area contributed by atoms with Gasteiger partial charge in [-0.3, -0.25) is 4.79 Å². The number of allylic oxidation sites excluding steroid dienone is 1. The van der Waals surface area contributed by atoms with Crippen molar-refractivity contribution in [3.8, 4) is 0 Å². The fourth-order valence-electron chi connectivity index (χ4n) is 1.71. The Morgan fingerprint density at radius 3 is 2.27 bits per heavy atom. The molecule has 1 amide bonds. The fourth-order valence-corrected chi connectivity index (χ4v) is 1.71. The maximum atomic E-state index is 12.3. The summed E-state index contributed by atoms with van der Waals surface area (Å²) in [7, 11) is 0. The van der Waals surface area contributed by atoms with E-state index < -0.39 is 12.3 Å². The van der Waals surface area contributed by atoms with E-state index in [0.717, 1.165) is 5.57 Å². The van der Waals surface area contributed by atoms with Gasteiger partial charge in [0.2, 0.25) is 12.3 Å². The predicted octanol–water partition coefficient (Wildman–Crippen LogP) is 2.46. The lowest BCUT2D eigenvalue weighted by Gasteiger charge is -2.30. The quantitative estimate of drug-likeness (QED) is 0.651. The maximum Gasteiger partial charge on any atom is 0.246 e. The third-order valence-electron chi connectivity index (χ3n) is 2.62. The molecule has 1 aliphatic rings. The molecule has 0 aromatic carbocycles. The average molecular weight is 217 g/mol. The Bertz CT molecular complexity index is 251. The van der Waals surface area contributed by atoms with E-state index in [4.69, 9.17) is 0 Å². The van der Waals surface area contributed by atoms with Crippen LogP contribution in [-0.2, 0) is 4.79 Å². The second-order valence-corrected chi connectivity index (χ2v) is 4.22. The van der Waals surface area contributed by atoms with E-state index in [1.165, 1.54) is 0 Å². The lowest BCUT2D eigenvalue weighted by atomic mass is 9.97. The van der Waals surface area contributed by atoms with Crippen LogP contribution in [-0.4, -0.2) is 30.3 Å². The number of carbonyl (C=O) groups is 1. The number of likely N-dealkylation sites (tertiary alicyclic amines) is 1. The number of carbonyl (C=O) groups excluding carboxylic acids is 1. The zero-order valence-electron chi connectivity index (χ0n) is 9.17. The molecule has 1 fully saturated rings. The summed E-state index contributed by atoms with van der Waals surface area (Å²) in [5.74, 6) is -0.580. The highest BCUT2D eigenvalue weighted by atomic mass is 19.3. The monoisotopic (exact) mass is 217 g/mol. The summed E-state index contributed by atoms with van der Waals surface area (Å²) in [6, 6.07) is 0. The van der Waals surface area contributed by atoms with Crippen LogP contribution >= 0.6 is 0 Å². The Kier molecular flexibility index (Phi) is 4.24. The number of nitrogens with zero attached hydrogens (tertiary/aromatic N) is 1. The number of piperidine rings is 1. The molecule has 0 radical (unpaired) electrons. The van der Waals surface area contributed by atoms with Crippen LogP contribution in [0.3, 0.4) is 0 Å². The van der Waals surface area contributed by atoms with Crippen LogP contribution in [0, 0.1) is 5.92 Å². The molecule has 0 bridgehead atoms. The molecule has 0 aromatic heterocycles. The van der Waals surface area contributed by atoms with E-state index in [9.17, 15) is 13.6 Å². The van der Waals surface area contributed by atoms with E-state index in [-0.39, 0.29) is 5.91 Å². The first-order valence-corrected chi connectivity index (χ1v) is 5.22. The van der Waals surface area contributed by atoms with Gasteiger partial charge < -0.3 is 4.90 Å². The van der Waals surface area contributed by atoms with E-state index in [2.05, 4.69) is 0 Å². The fraction of sp³-hybridized carbons (Fsp3) is 0.727. The van der Waals surface area contributed by atoms with Gasteiger partial charge in [-0.15, -0.1) is 0 Å². The standard InChI is InChI=1S/C11H17F2NO/c1-8(2)7-10(15)14-5-3-9(4-6-14)11(12)13/h7,9,11H,3-6H2,1-2H3. The molecule has 86 valence electrons. The highest BCUT2D eigenvalue weighted by molar-refractivity contribution is 5.88. The summed E-state index contributed by atoms with van der Waals surface area (Å²) in [4.78, 5) is 13.2. The van der Waals surface area contributed by atoms with Crippen molar-refractivity contribution in [1.82, 2.24) is 4.90 Å². The minimum absolute atomic E-state index is 0.0530. The van der Waals surface area contributed by atoms with Gasteiger partial charge in [-0.25, -0.2) is 8.78 Å². The van der Waals surface area contributed by atoms with Crippen LogP contribution in [0.1, 0.15) is 26.7 Å². The summed E-state index contributed by atoms with van der Waals surface area (Å²) in [6.07, 6.45) is 0.147. The molecule has 2 nitrogen and oxygen atoms in total. The molecule has 1 aliphatic heterocycles. The number of alkyl halides is 2. The first-order chi connectivity index (χ1) is 7.00. The summed E-state index contributed by atoms with van der Waals surface area (Å²) >= 11 is 0. The Labute approximate surface area is 88.9 Å². The molecule has 0 aliphatic carbocycles. The summed E-state index contributed by atoms with van der Waals surface area (Å²) < 4.78 is 24.7. The normalized spacial score (nSPS) is 18.1. The lowest BCUT2D eigenvalue weighted by molar-refractivity contribution is -0.128. The van der Waals surface area contributed by atoms with Gasteiger partial charge in [0.1, 0.15) is 0 Å². The summed E-state index contributed by atoms with van der Waals surface area (Å²) in [5.41, 5.74) is 0.941. The van der Waals surface area contributed by atoms with Crippen molar-refractivity contribution in [2.24, 2.45) is 5.92 Å². The van der Waals surface area contributed by atoms with Crippen LogP contribution in [0.25, 0.3) is 0 Å². The average Bonchev–Trinajstić information content (AvgIpc) is 2.17. The molecule has 0 N–H and O–H groups in total. The van der Waals surface area contributed by atoms with E-state index >= 15 is 0 Å². The Morgan fingerprint density at radius 1 is 1.33 bits per heavy atom. The van der Waals surface area contributed by atoms with Crippen molar-refractivity contribution in [1.29, 1.82) is 0 Å². The Balaban J connectivity index is 2.44. The minimum Gasteiger partial charge on any atom is -0.339 e. The van der Waals surface area contributed by atoms with Crippen LogP contribution < -0.4 is 0 Å². The highest BCUT2D eigenvalue weighted by Gasteiger charge is 2.27. The Hall–Kier alpha value is -0.930. The summed E-state index contributed by atoms with van der Waals surface area (Å²) in [6.45, 7) is 4.61. The van der Waals surface area contributed by atoms with Gasteiger partial charge in [0.25, 0.3) is 0 Å². The molecule has 0 atom stereocenters. The zero-order valence-corrected chi connectivity index (χ0v) is 9.17. The SMILES string of the molecule is CC(C)=CC(=O)N1CCC(C(F)F)CC1. The van der Waals surface area contributed by atoms with Gasteiger partial charge in [0, 0.05) is 25.1 Å². The van der Waals surface area contributed by atoms with Gasteiger partial charge in [-0.2, -0.15) is 0 Å². The molecule has 0 saturated carbocycles. The first-order valence-electron chi connectivity index (χ1n) is 5.22. The van der Waals surface area contributed by atoms with Gasteiger partial charge >= 0.3 is 0 Å². The van der Waals surface area contributed by atoms with E-state index in [1.54, 1.807) is 11.0 Å². The van der Waals surface area contributed by atoms with Gasteiger partial charge in [0.05, 0.1) is 0 Å². The molecule has 4 heteroatoms. The number of hydrogen-bond donors (Lipinski definition) is 0. The molecule has 1 heterocycles. The maximum absolute atomic E-state index is 12.3. The summed E-state index contributed by atoms with van der Waals surface area (Å²) in [5, 5.41) is 0. The minimum atomic E-state index is -2.24. The van der Waals surface area contributed by atoms with Crippen LogP contribution in [0.4, 0.5) is 8.78 Å². The molecule has 1 saturated heterocycles. The number of hydrogen-bond acceptors (Lipinski definition) is 1. The van der Waals surface area contributed by atoms with Crippen LogP contribution in [0.15, 0.2) is 11.6 Å². The number of halogens is 2. The molecule has 15 heavy (non-hydrogen) atoms. The molecule has 0 unspecified atom stereocenters. The zero-order chi connectivity index (χ0) is 11.4. The van der Waals surface area contributed by atoms with Crippen molar-refractivity contribution < 1.29 is 13.6 Å². The van der Waals surface area contributed by atoms with Crippen LogP contribution in [0.5, 0.6) is 0 Å². The largest absolute Gasteiger partial charge is 0.339 e. The predicted molar refractivity (Wildman–Crippen MR) is 54.7 cm³/mol. The molecule has 1 rings (SSSR count). The van der Waals surface area contributed by atoms with Crippen molar-refractivity contribution in [2.45, 2.75) is 33.1 Å². The second kappa shape index (κ2) is 5.24. The van der Waals surface area contributed by atoms with Crippen molar-refractivity contribution in [3.63, 3.8) is 0 Å². The topological polar surface area (TPSA) is 20.3 Å². The molecular formula is C11H17F2NO. The second-order valence-electron chi connectivity index (χ2n) is 4.22. The smallest absolute Gasteiger partial charge is 0.246 e. The van der Waals surface area contributed by atoms with Gasteiger partial charge in [-0.05, 0) is 26.7 Å². The molecular weight excluding hydrogens is 200 g/mol. The van der Waals surface area contributed by atoms with Crippen molar-refractivity contribution >= 4 is 5.91 Å². The number of rotatable bonds is 2. The van der Waals surface area contributed by atoms with Crippen LogP contribution in [0.2, 0.25) is 0 Å². The number of amides is 1. The van der Waals surface area contributed by atoms with Crippen molar-refractivity contribution in [3.05, 3.63) is 11.6 Å². The van der Waals surface area contributed by atoms with E-state index in [1.807, 2.05) is 13.8 Å². The third-order valence-corrected chi connectivity index (χ3v) is 2.62. The van der Waals surface area contributed by atoms with Gasteiger partial charge in [0.15, 0.2) is 0 Å². The molecule has 0 aromatic rings. The Morgan fingerprint density at radius 2 is 1.87 bits per heavy atom. The lowest BCUT2D eigenvalue weighted by Crippen LogP contribution is -2.39.